The summed E-state index contributed by atoms with van der Waals surface area (Å²) in [6, 6.07) is 8.82. The van der Waals surface area contributed by atoms with E-state index in [-0.39, 0.29) is 42.3 Å². The molecule has 0 spiro atoms. The van der Waals surface area contributed by atoms with E-state index in [4.69, 9.17) is 10.8 Å². The summed E-state index contributed by atoms with van der Waals surface area (Å²) in [4.78, 5) is 26.0. The average molecular weight is 374 g/mol. The molecule has 2 heterocycles. The van der Waals surface area contributed by atoms with Crippen molar-refractivity contribution in [2.24, 2.45) is 11.7 Å². The van der Waals surface area contributed by atoms with E-state index in [9.17, 15) is 14.0 Å². The van der Waals surface area contributed by atoms with Gasteiger partial charge in [-0.1, -0.05) is 6.07 Å². The molecule has 1 aromatic carbocycles. The summed E-state index contributed by atoms with van der Waals surface area (Å²) in [5.74, 6) is -0.800. The number of pyridine rings is 1. The Morgan fingerprint density at radius 2 is 2.11 bits per heavy atom. The number of likely N-dealkylation sites (tertiary alicyclic amines) is 1. The molecule has 1 aliphatic heterocycles. The van der Waals surface area contributed by atoms with Gasteiger partial charge in [0, 0.05) is 44.1 Å². The lowest BCUT2D eigenvalue weighted by molar-refractivity contribution is -0.117. The Balaban J connectivity index is 1.63. The second kappa shape index (κ2) is 8.43. The van der Waals surface area contributed by atoms with Crippen molar-refractivity contribution in [3.8, 4) is 5.69 Å². The predicted molar refractivity (Wildman–Crippen MR) is 100 cm³/mol. The van der Waals surface area contributed by atoms with Crippen LogP contribution in [0.1, 0.15) is 6.42 Å². The molecule has 1 fully saturated rings. The lowest BCUT2D eigenvalue weighted by Gasteiger charge is -2.16. The van der Waals surface area contributed by atoms with E-state index in [1.807, 2.05) is 4.90 Å². The summed E-state index contributed by atoms with van der Waals surface area (Å²) in [5.41, 5.74) is 6.19. The normalized spacial score (nSPS) is 20.0. The van der Waals surface area contributed by atoms with Crippen LogP contribution < -0.4 is 16.6 Å². The van der Waals surface area contributed by atoms with E-state index in [0.29, 0.717) is 25.2 Å². The number of carbonyl (C=O) groups is 1. The first-order valence-corrected chi connectivity index (χ1v) is 8.84. The Labute approximate surface area is 156 Å². The number of benzene rings is 1. The van der Waals surface area contributed by atoms with Crippen molar-refractivity contribution >= 4 is 11.6 Å². The lowest BCUT2D eigenvalue weighted by Crippen LogP contribution is -2.34. The summed E-state index contributed by atoms with van der Waals surface area (Å²) in [6.45, 7) is 1.37. The van der Waals surface area contributed by atoms with E-state index < -0.39 is 5.82 Å². The Morgan fingerprint density at radius 3 is 2.81 bits per heavy atom. The van der Waals surface area contributed by atoms with Gasteiger partial charge in [0.25, 0.3) is 5.56 Å². The molecular weight excluding hydrogens is 351 g/mol. The Morgan fingerprint density at radius 1 is 1.30 bits per heavy atom. The first-order chi connectivity index (χ1) is 13.0. The number of rotatable bonds is 6. The molecule has 7 nitrogen and oxygen atoms in total. The number of halogens is 1. The molecular formula is C19H23FN4O3. The maximum atomic E-state index is 14.4. The highest BCUT2D eigenvalue weighted by Crippen LogP contribution is 2.20. The molecule has 2 aromatic rings. The van der Waals surface area contributed by atoms with Gasteiger partial charge in [-0.25, -0.2) is 4.39 Å². The van der Waals surface area contributed by atoms with Crippen LogP contribution in [0, 0.1) is 11.7 Å². The first kappa shape index (κ1) is 19.2. The number of carbonyl (C=O) groups excluding carboxylic acids is 1. The van der Waals surface area contributed by atoms with Gasteiger partial charge in [-0.3, -0.25) is 19.1 Å². The molecule has 2 atom stereocenters. The van der Waals surface area contributed by atoms with Gasteiger partial charge < -0.3 is 16.2 Å². The fraction of sp³-hybridized carbons (Fsp3) is 0.368. The number of anilines is 1. The topological polar surface area (TPSA) is 101 Å². The van der Waals surface area contributed by atoms with Crippen LogP contribution in [0.2, 0.25) is 0 Å². The minimum Gasteiger partial charge on any atom is -0.396 e. The highest BCUT2D eigenvalue weighted by Gasteiger charge is 2.30. The van der Waals surface area contributed by atoms with Gasteiger partial charge >= 0.3 is 0 Å². The number of aliphatic hydroxyl groups excluding tert-OH is 1. The van der Waals surface area contributed by atoms with Crippen molar-refractivity contribution in [3.63, 3.8) is 0 Å². The average Bonchev–Trinajstić information content (AvgIpc) is 2.96. The number of hydrogen-bond donors (Lipinski definition) is 3. The van der Waals surface area contributed by atoms with Crippen LogP contribution in [-0.4, -0.2) is 52.8 Å². The summed E-state index contributed by atoms with van der Waals surface area (Å²) in [5, 5.41) is 11.6. The van der Waals surface area contributed by atoms with Gasteiger partial charge in [-0.05, 0) is 30.5 Å². The number of aromatic nitrogens is 1. The van der Waals surface area contributed by atoms with E-state index in [1.54, 1.807) is 24.4 Å². The highest BCUT2D eigenvalue weighted by atomic mass is 19.1. The van der Waals surface area contributed by atoms with Crippen LogP contribution in [0.3, 0.4) is 0 Å². The second-order valence-corrected chi connectivity index (χ2v) is 6.75. The monoisotopic (exact) mass is 374 g/mol. The summed E-state index contributed by atoms with van der Waals surface area (Å²) >= 11 is 0. The fourth-order valence-electron chi connectivity index (χ4n) is 3.38. The molecule has 1 aliphatic rings. The van der Waals surface area contributed by atoms with Crippen LogP contribution in [0.25, 0.3) is 5.69 Å². The third-order valence-electron chi connectivity index (χ3n) is 4.76. The molecule has 1 saturated heterocycles. The number of hydrogen-bond acceptors (Lipinski definition) is 5. The maximum absolute atomic E-state index is 14.4. The van der Waals surface area contributed by atoms with Crippen LogP contribution in [0.5, 0.6) is 0 Å². The van der Waals surface area contributed by atoms with Crippen LogP contribution in [0.15, 0.2) is 47.4 Å². The van der Waals surface area contributed by atoms with Crippen LogP contribution in [0.4, 0.5) is 10.1 Å². The molecule has 0 aliphatic carbocycles. The molecule has 27 heavy (non-hydrogen) atoms. The van der Waals surface area contributed by atoms with Gasteiger partial charge in [0.05, 0.1) is 17.9 Å². The van der Waals surface area contributed by atoms with Gasteiger partial charge in [-0.2, -0.15) is 0 Å². The molecule has 1 aromatic heterocycles. The molecule has 4 N–H and O–H groups in total. The summed E-state index contributed by atoms with van der Waals surface area (Å²) in [7, 11) is 0. The van der Waals surface area contributed by atoms with Crippen molar-refractivity contribution in [1.82, 2.24) is 9.47 Å². The zero-order chi connectivity index (χ0) is 19.4. The van der Waals surface area contributed by atoms with Crippen molar-refractivity contribution in [2.45, 2.75) is 12.5 Å². The maximum Gasteiger partial charge on any atom is 0.255 e. The number of amides is 1. The SMILES string of the molecule is NC1CN(CC(=O)Nc2ccc(-n3ccccc3=O)cc2F)CC1CCO. The van der Waals surface area contributed by atoms with Gasteiger partial charge in [0.15, 0.2) is 0 Å². The molecule has 2 unspecified atom stereocenters. The van der Waals surface area contributed by atoms with Crippen molar-refractivity contribution in [2.75, 3.05) is 31.6 Å². The largest absolute Gasteiger partial charge is 0.396 e. The fourth-order valence-corrected chi connectivity index (χ4v) is 3.38. The lowest BCUT2D eigenvalue weighted by atomic mass is 10.0. The van der Waals surface area contributed by atoms with E-state index in [1.165, 1.54) is 22.8 Å². The quantitative estimate of drug-likeness (QED) is 0.686. The minimum atomic E-state index is -0.618. The first-order valence-electron chi connectivity index (χ1n) is 8.84. The van der Waals surface area contributed by atoms with E-state index in [2.05, 4.69) is 5.32 Å². The second-order valence-electron chi connectivity index (χ2n) is 6.75. The number of nitrogens with zero attached hydrogens (tertiary/aromatic N) is 2. The molecule has 0 saturated carbocycles. The highest BCUT2D eigenvalue weighted by molar-refractivity contribution is 5.92. The number of nitrogens with two attached hydrogens (primary N) is 1. The minimum absolute atomic E-state index is 0.0585. The summed E-state index contributed by atoms with van der Waals surface area (Å²) in [6.07, 6.45) is 2.16. The molecule has 0 radical (unpaired) electrons. The number of aliphatic hydroxyl groups is 1. The smallest absolute Gasteiger partial charge is 0.255 e. The predicted octanol–water partition coefficient (Wildman–Crippen LogP) is 0.557. The molecule has 144 valence electrons. The Hall–Kier alpha value is -2.55. The van der Waals surface area contributed by atoms with Gasteiger partial charge in [-0.15, -0.1) is 0 Å². The van der Waals surface area contributed by atoms with E-state index >= 15 is 0 Å². The summed E-state index contributed by atoms with van der Waals surface area (Å²) < 4.78 is 15.7. The van der Waals surface area contributed by atoms with E-state index in [0.717, 1.165) is 0 Å². The standard InChI is InChI=1S/C19H23FN4O3/c20-15-9-14(24-7-2-1-3-19(24)27)4-5-17(15)22-18(26)12-23-10-13(6-8-25)16(21)11-23/h1-5,7,9,13,16,25H,6,8,10-12,21H2,(H,22,26). The van der Waals surface area contributed by atoms with Crippen LogP contribution in [-0.2, 0) is 4.79 Å². The Kier molecular flexibility index (Phi) is 6.00. The Bertz CT molecular complexity index is 870. The molecule has 1 amide bonds. The van der Waals surface area contributed by atoms with Gasteiger partial charge in [0.2, 0.25) is 5.91 Å². The molecule has 8 heteroatoms. The van der Waals surface area contributed by atoms with Crippen molar-refractivity contribution < 1.29 is 14.3 Å². The van der Waals surface area contributed by atoms with Gasteiger partial charge in [0.1, 0.15) is 5.82 Å². The molecule has 3 rings (SSSR count). The van der Waals surface area contributed by atoms with Crippen LogP contribution >= 0.6 is 0 Å². The zero-order valence-corrected chi connectivity index (χ0v) is 14.8. The van der Waals surface area contributed by atoms with Crippen molar-refractivity contribution in [1.29, 1.82) is 0 Å². The van der Waals surface area contributed by atoms with Crippen molar-refractivity contribution in [3.05, 3.63) is 58.8 Å². The molecule has 0 bridgehead atoms. The number of nitrogens with one attached hydrogen (secondary N) is 1. The third-order valence-corrected chi connectivity index (χ3v) is 4.76. The third kappa shape index (κ3) is 4.60. The zero-order valence-electron chi connectivity index (χ0n) is 14.8.